The fourth-order valence-corrected chi connectivity index (χ4v) is 5.98. The monoisotopic (exact) mass is 526 g/mol. The van der Waals surface area contributed by atoms with Crippen LogP contribution in [0.15, 0.2) is 46.9 Å². The number of hydrogen-bond acceptors (Lipinski definition) is 8. The third kappa shape index (κ3) is 3.34. The van der Waals surface area contributed by atoms with Gasteiger partial charge in [0.25, 0.3) is 5.91 Å². The lowest BCUT2D eigenvalue weighted by Gasteiger charge is -2.46. The second kappa shape index (κ2) is 8.38. The topological polar surface area (TPSA) is 161 Å². The Bertz CT molecular complexity index is 1530. The van der Waals surface area contributed by atoms with Crippen LogP contribution < -0.4 is 10.6 Å². The van der Waals surface area contributed by atoms with Gasteiger partial charge in [-0.15, -0.1) is 0 Å². The molecule has 3 aliphatic rings. The molecule has 0 spiro atoms. The van der Waals surface area contributed by atoms with E-state index in [-0.39, 0.29) is 41.5 Å². The minimum absolute atomic E-state index is 0.00904. The lowest BCUT2D eigenvalue weighted by molar-refractivity contribution is -0.144. The number of fused-ring (bicyclic) bond motifs is 3. The van der Waals surface area contributed by atoms with Gasteiger partial charge in [0.1, 0.15) is 34.5 Å². The zero-order valence-electron chi connectivity index (χ0n) is 20.4. The van der Waals surface area contributed by atoms with Crippen LogP contribution >= 0.6 is 0 Å². The van der Waals surface area contributed by atoms with E-state index in [9.17, 15) is 43.6 Å². The van der Waals surface area contributed by atoms with Gasteiger partial charge in [-0.3, -0.25) is 14.4 Å². The van der Waals surface area contributed by atoms with Crippen LogP contribution in [0, 0.1) is 23.5 Å². The van der Waals surface area contributed by atoms with Gasteiger partial charge in [0.15, 0.2) is 11.4 Å². The minimum Gasteiger partial charge on any atom is -0.511 e. The third-order valence-electron chi connectivity index (χ3n) is 7.74. The van der Waals surface area contributed by atoms with Crippen LogP contribution in [-0.2, 0) is 16.0 Å². The summed E-state index contributed by atoms with van der Waals surface area (Å²) in [6.45, 7) is 0. The number of hydrogen-bond donors (Lipinski definition) is 5. The van der Waals surface area contributed by atoms with E-state index in [0.717, 1.165) is 12.1 Å². The van der Waals surface area contributed by atoms with Gasteiger partial charge in [0, 0.05) is 54.9 Å². The maximum absolute atomic E-state index is 14.7. The Morgan fingerprint density at radius 2 is 1.76 bits per heavy atom. The molecule has 5 rings (SSSR count). The number of primary amides is 1. The molecule has 2 aromatic carbocycles. The molecule has 0 aromatic heterocycles. The number of halogens is 2. The molecule has 1 amide bonds. The Hall–Kier alpha value is -4.25. The zero-order chi connectivity index (χ0) is 27.8. The number of aliphatic hydroxyl groups is 3. The van der Waals surface area contributed by atoms with Crippen molar-refractivity contribution in [3.05, 3.63) is 69.7 Å². The number of aliphatic hydroxyl groups excluding tert-OH is 2. The van der Waals surface area contributed by atoms with Gasteiger partial charge in [-0.05, 0) is 42.5 Å². The standard InChI is InChI=1S/C27H24F2N2O7/c1-31(2)17-9-14(13-4-3-12(28)8-16(13)29)22(33)20-15(17)6-10-5-11-7-18(32)21(26(30)37)25(36)27(11,38)24(35)19(10)23(20)34/h3-4,8-11,32-33,35,38H,5-7H2,1-2H3,(H2,30,37)/t10-,11+,27+/m1/s1. The summed E-state index contributed by atoms with van der Waals surface area (Å²) in [5.74, 6) is -9.25. The average molecular weight is 526 g/mol. The van der Waals surface area contributed by atoms with Crippen LogP contribution in [0.1, 0.15) is 28.8 Å². The van der Waals surface area contributed by atoms with Crippen molar-refractivity contribution in [2.24, 2.45) is 17.6 Å². The molecule has 2 aromatic rings. The number of ketones is 2. The molecule has 198 valence electrons. The Labute approximate surface area is 215 Å². The highest BCUT2D eigenvalue weighted by Crippen LogP contribution is 2.53. The van der Waals surface area contributed by atoms with Crippen LogP contribution in [0.3, 0.4) is 0 Å². The highest BCUT2D eigenvalue weighted by atomic mass is 19.1. The van der Waals surface area contributed by atoms with E-state index in [2.05, 4.69) is 0 Å². The highest BCUT2D eigenvalue weighted by Gasteiger charge is 2.59. The zero-order valence-corrected chi connectivity index (χ0v) is 20.4. The van der Waals surface area contributed by atoms with Gasteiger partial charge in [0.05, 0.1) is 5.56 Å². The first kappa shape index (κ1) is 25.4. The summed E-state index contributed by atoms with van der Waals surface area (Å²) in [4.78, 5) is 40.4. The van der Waals surface area contributed by atoms with Crippen molar-refractivity contribution in [3.63, 3.8) is 0 Å². The molecular formula is C27H24F2N2O7. The molecule has 6 N–H and O–H groups in total. The lowest BCUT2D eigenvalue weighted by atomic mass is 9.60. The smallest absolute Gasteiger partial charge is 0.255 e. The molecular weight excluding hydrogens is 502 g/mol. The van der Waals surface area contributed by atoms with Crippen molar-refractivity contribution in [2.45, 2.75) is 24.9 Å². The number of carbonyl (C=O) groups excluding carboxylic acids is 3. The second-order valence-corrected chi connectivity index (χ2v) is 10.1. The third-order valence-corrected chi connectivity index (χ3v) is 7.74. The number of benzene rings is 2. The fourth-order valence-electron chi connectivity index (χ4n) is 5.98. The van der Waals surface area contributed by atoms with Gasteiger partial charge in [-0.2, -0.15) is 0 Å². The van der Waals surface area contributed by atoms with Gasteiger partial charge < -0.3 is 31.1 Å². The molecule has 3 aliphatic carbocycles. The lowest BCUT2D eigenvalue weighted by Crippen LogP contribution is -2.57. The van der Waals surface area contributed by atoms with E-state index in [0.29, 0.717) is 17.3 Å². The predicted octanol–water partition coefficient (Wildman–Crippen LogP) is 2.59. The Balaban J connectivity index is 1.74. The first-order valence-corrected chi connectivity index (χ1v) is 11.8. The van der Waals surface area contributed by atoms with Crippen molar-refractivity contribution in [2.75, 3.05) is 19.0 Å². The first-order valence-electron chi connectivity index (χ1n) is 11.8. The van der Waals surface area contributed by atoms with Crippen molar-refractivity contribution in [3.8, 4) is 16.9 Å². The van der Waals surface area contributed by atoms with Crippen molar-refractivity contribution in [1.29, 1.82) is 0 Å². The minimum atomic E-state index is -2.68. The number of allylic oxidation sites excluding steroid dienone is 2. The van der Waals surface area contributed by atoms with Crippen molar-refractivity contribution >= 4 is 23.2 Å². The summed E-state index contributed by atoms with van der Waals surface area (Å²) in [6, 6.07) is 4.24. The summed E-state index contributed by atoms with van der Waals surface area (Å²) >= 11 is 0. The molecule has 11 heteroatoms. The molecule has 0 radical (unpaired) electrons. The number of nitrogens with two attached hydrogens (primary N) is 1. The molecule has 0 aliphatic heterocycles. The van der Waals surface area contributed by atoms with Crippen LogP contribution in [-0.4, -0.2) is 57.6 Å². The van der Waals surface area contributed by atoms with Gasteiger partial charge >= 0.3 is 0 Å². The first-order chi connectivity index (χ1) is 17.8. The van der Waals surface area contributed by atoms with Crippen LogP contribution in [0.4, 0.5) is 14.5 Å². The molecule has 0 saturated heterocycles. The quantitative estimate of drug-likeness (QED) is 0.381. The summed E-state index contributed by atoms with van der Waals surface area (Å²) < 4.78 is 28.2. The normalized spacial score (nSPS) is 24.7. The molecule has 0 heterocycles. The van der Waals surface area contributed by atoms with Gasteiger partial charge in [-0.25, -0.2) is 8.78 Å². The van der Waals surface area contributed by atoms with Gasteiger partial charge in [0.2, 0.25) is 5.78 Å². The molecule has 3 atom stereocenters. The number of rotatable bonds is 3. The highest BCUT2D eigenvalue weighted by molar-refractivity contribution is 6.24. The number of nitrogens with zero attached hydrogens (tertiary/aromatic N) is 1. The summed E-state index contributed by atoms with van der Waals surface area (Å²) in [6.07, 6.45) is -0.240. The second-order valence-electron chi connectivity index (χ2n) is 10.1. The molecule has 0 fully saturated rings. The number of Topliss-reactive ketones (excluding diaryl/α,β-unsaturated/α-hetero) is 2. The van der Waals surface area contributed by atoms with Crippen LogP contribution in [0.2, 0.25) is 0 Å². The summed E-state index contributed by atoms with van der Waals surface area (Å²) in [5, 5.41) is 44.0. The van der Waals surface area contributed by atoms with E-state index in [1.807, 2.05) is 0 Å². The van der Waals surface area contributed by atoms with Gasteiger partial charge in [-0.1, -0.05) is 0 Å². The number of anilines is 1. The van der Waals surface area contributed by atoms with E-state index >= 15 is 0 Å². The van der Waals surface area contributed by atoms with Crippen LogP contribution in [0.25, 0.3) is 11.1 Å². The summed E-state index contributed by atoms with van der Waals surface area (Å²) in [5.41, 5.74) is 1.68. The molecule has 0 unspecified atom stereocenters. The van der Waals surface area contributed by atoms with E-state index in [4.69, 9.17) is 5.73 Å². The molecule has 38 heavy (non-hydrogen) atoms. The Morgan fingerprint density at radius 1 is 1.08 bits per heavy atom. The molecule has 0 saturated carbocycles. The van der Waals surface area contributed by atoms with E-state index in [1.165, 1.54) is 6.07 Å². The Kier molecular flexibility index (Phi) is 5.60. The number of phenolic OH excluding ortho intramolecular Hbond substituents is 1. The molecule has 0 bridgehead atoms. The number of carbonyl (C=O) groups is 3. The number of amides is 1. The number of aromatic hydroxyl groups is 1. The van der Waals surface area contributed by atoms with Crippen molar-refractivity contribution < 1.29 is 43.6 Å². The maximum atomic E-state index is 14.7. The Morgan fingerprint density at radius 3 is 2.37 bits per heavy atom. The largest absolute Gasteiger partial charge is 0.511 e. The van der Waals surface area contributed by atoms with E-state index in [1.54, 1.807) is 19.0 Å². The molecule has 9 nitrogen and oxygen atoms in total. The average Bonchev–Trinajstić information content (AvgIpc) is 2.81. The summed E-state index contributed by atoms with van der Waals surface area (Å²) in [7, 11) is 3.36. The van der Waals surface area contributed by atoms with Crippen molar-refractivity contribution in [1.82, 2.24) is 0 Å². The predicted molar refractivity (Wildman–Crippen MR) is 130 cm³/mol. The SMILES string of the molecule is CN(C)c1cc(-c2ccc(F)cc2F)c(O)c2c1C[C@H]1C[C@H]3CC(O)=C(C(N)=O)C(=O)[C@@]3(O)C(O)=C1C2=O. The fraction of sp³-hybridized carbons (Fsp3) is 0.296. The number of phenols is 1. The van der Waals surface area contributed by atoms with Crippen LogP contribution in [0.5, 0.6) is 5.75 Å². The maximum Gasteiger partial charge on any atom is 0.255 e. The van der Waals surface area contributed by atoms with E-state index < -0.39 is 69.4 Å².